The van der Waals surface area contributed by atoms with Crippen molar-refractivity contribution in [1.82, 2.24) is 4.57 Å². The van der Waals surface area contributed by atoms with Crippen molar-refractivity contribution in [1.29, 1.82) is 0 Å². The number of hydrogen-bond donors (Lipinski definition) is 0. The number of rotatable bonds is 2. The van der Waals surface area contributed by atoms with Gasteiger partial charge in [0.15, 0.2) is 6.29 Å². The number of carbonyl (C=O) groups is 2. The van der Waals surface area contributed by atoms with Crippen molar-refractivity contribution in [3.05, 3.63) is 46.7 Å². The number of benzene rings is 1. The summed E-state index contributed by atoms with van der Waals surface area (Å²) in [4.78, 5) is 22.7. The molecule has 0 aliphatic rings. The molecule has 0 saturated carbocycles. The van der Waals surface area contributed by atoms with Crippen LogP contribution in [0.4, 0.5) is 0 Å². The molecular weight excluding hydrogens is 250 g/mol. The molecule has 0 fully saturated rings. The van der Waals surface area contributed by atoms with Gasteiger partial charge in [-0.3, -0.25) is 14.2 Å². The summed E-state index contributed by atoms with van der Waals surface area (Å²) in [6, 6.07) is 9.00. The van der Waals surface area contributed by atoms with Crippen LogP contribution < -0.4 is 0 Å². The van der Waals surface area contributed by atoms with Crippen LogP contribution in [0.5, 0.6) is 0 Å². The van der Waals surface area contributed by atoms with E-state index in [1.165, 1.54) is 11.5 Å². The van der Waals surface area contributed by atoms with Gasteiger partial charge in [-0.2, -0.15) is 0 Å². The van der Waals surface area contributed by atoms with Crippen LogP contribution in [-0.4, -0.2) is 16.8 Å². The second-order valence-electron chi connectivity index (χ2n) is 4.06. The zero-order valence-corrected chi connectivity index (χ0v) is 10.9. The molecule has 18 heavy (non-hydrogen) atoms. The molecule has 0 radical (unpaired) electrons. The highest BCUT2D eigenvalue weighted by Gasteiger charge is 2.16. The van der Waals surface area contributed by atoms with E-state index < -0.39 is 0 Å². The molecule has 0 spiro atoms. The molecular formula is C14H12ClNO2. The number of aryl methyl sites for hydroxylation is 1. The molecule has 0 amide bonds. The van der Waals surface area contributed by atoms with E-state index in [1.807, 2.05) is 18.2 Å². The summed E-state index contributed by atoms with van der Waals surface area (Å²) in [5, 5.41) is 0.633. The van der Waals surface area contributed by atoms with Crippen LogP contribution >= 0.6 is 11.6 Å². The minimum atomic E-state index is -0.171. The molecule has 1 aromatic carbocycles. The molecule has 2 aromatic rings. The first-order chi connectivity index (χ1) is 8.54. The molecule has 3 nitrogen and oxygen atoms in total. The topological polar surface area (TPSA) is 39.1 Å². The molecule has 0 saturated heterocycles. The van der Waals surface area contributed by atoms with E-state index >= 15 is 0 Å². The summed E-state index contributed by atoms with van der Waals surface area (Å²) >= 11 is 5.83. The van der Waals surface area contributed by atoms with Crippen molar-refractivity contribution >= 4 is 23.8 Å². The summed E-state index contributed by atoms with van der Waals surface area (Å²) in [5.41, 5.74) is 2.73. The number of carbonyl (C=O) groups excluding carboxylic acids is 2. The maximum atomic E-state index is 11.5. The molecule has 0 bridgehead atoms. The Labute approximate surface area is 110 Å². The lowest BCUT2D eigenvalue weighted by molar-refractivity contribution is 0.0922. The Balaban J connectivity index is 2.65. The normalized spacial score (nSPS) is 10.4. The van der Waals surface area contributed by atoms with Crippen molar-refractivity contribution in [2.75, 3.05) is 0 Å². The van der Waals surface area contributed by atoms with E-state index in [0.717, 1.165) is 16.8 Å². The van der Waals surface area contributed by atoms with Gasteiger partial charge in [-0.05, 0) is 30.7 Å². The van der Waals surface area contributed by atoms with Crippen molar-refractivity contribution in [2.24, 2.45) is 0 Å². The minimum Gasteiger partial charge on any atom is -0.296 e. The number of halogens is 1. The van der Waals surface area contributed by atoms with Crippen LogP contribution in [0.1, 0.15) is 27.9 Å². The second-order valence-corrected chi connectivity index (χ2v) is 4.50. The zero-order chi connectivity index (χ0) is 13.3. The number of hydrogen-bond acceptors (Lipinski definition) is 2. The highest BCUT2D eigenvalue weighted by Crippen LogP contribution is 2.27. The maximum absolute atomic E-state index is 11.5. The van der Waals surface area contributed by atoms with E-state index in [0.29, 0.717) is 17.0 Å². The third kappa shape index (κ3) is 2.09. The molecule has 0 aliphatic carbocycles. The zero-order valence-electron chi connectivity index (χ0n) is 10.1. The van der Waals surface area contributed by atoms with Gasteiger partial charge in [-0.1, -0.05) is 23.7 Å². The summed E-state index contributed by atoms with van der Waals surface area (Å²) in [7, 11) is 0. The Morgan fingerprint density at radius 3 is 2.39 bits per heavy atom. The third-order valence-electron chi connectivity index (χ3n) is 2.80. The molecule has 4 heteroatoms. The van der Waals surface area contributed by atoms with Crippen LogP contribution in [0.25, 0.3) is 11.1 Å². The number of aromatic nitrogens is 1. The lowest BCUT2D eigenvalue weighted by Crippen LogP contribution is -2.11. The maximum Gasteiger partial charge on any atom is 0.228 e. The van der Waals surface area contributed by atoms with Crippen molar-refractivity contribution < 1.29 is 9.59 Å². The first kappa shape index (κ1) is 12.6. The summed E-state index contributed by atoms with van der Waals surface area (Å²) < 4.78 is 1.41. The Bertz CT molecular complexity index is 611. The average Bonchev–Trinajstić information content (AvgIpc) is 2.67. The Kier molecular flexibility index (Phi) is 3.34. The largest absolute Gasteiger partial charge is 0.296 e. The fourth-order valence-electron chi connectivity index (χ4n) is 2.05. The van der Waals surface area contributed by atoms with Crippen LogP contribution in [0, 0.1) is 6.92 Å². The van der Waals surface area contributed by atoms with Crippen molar-refractivity contribution in [2.45, 2.75) is 13.8 Å². The first-order valence-corrected chi connectivity index (χ1v) is 5.86. The molecule has 2 rings (SSSR count). The van der Waals surface area contributed by atoms with Gasteiger partial charge in [0.2, 0.25) is 5.91 Å². The predicted octanol–water partition coefficient (Wildman–Crippen LogP) is 3.59. The van der Waals surface area contributed by atoms with Gasteiger partial charge >= 0.3 is 0 Å². The summed E-state index contributed by atoms with van der Waals surface area (Å²) in [5.74, 6) is -0.171. The van der Waals surface area contributed by atoms with Crippen LogP contribution in [0.15, 0.2) is 30.3 Å². The van der Waals surface area contributed by atoms with Gasteiger partial charge in [-0.15, -0.1) is 0 Å². The van der Waals surface area contributed by atoms with Gasteiger partial charge in [0, 0.05) is 23.2 Å². The smallest absolute Gasteiger partial charge is 0.228 e. The highest BCUT2D eigenvalue weighted by atomic mass is 35.5. The fraction of sp³-hybridized carbons (Fsp3) is 0.143. The number of aldehydes is 1. The average molecular weight is 262 g/mol. The predicted molar refractivity (Wildman–Crippen MR) is 71.3 cm³/mol. The van der Waals surface area contributed by atoms with E-state index in [1.54, 1.807) is 19.1 Å². The molecule has 0 atom stereocenters. The van der Waals surface area contributed by atoms with Gasteiger partial charge in [-0.25, -0.2) is 0 Å². The Hall–Kier alpha value is -1.87. The SMILES string of the molecule is CC(=O)n1c(C)cc(-c2ccc(Cl)cc2)c1C=O. The van der Waals surface area contributed by atoms with E-state index in [-0.39, 0.29) is 5.91 Å². The standard InChI is InChI=1S/C14H12ClNO2/c1-9-7-13(11-3-5-12(15)6-4-11)14(8-17)16(9)10(2)18/h3-8H,1-2H3. The van der Waals surface area contributed by atoms with Crippen LogP contribution in [0.2, 0.25) is 5.02 Å². The molecule has 0 unspecified atom stereocenters. The third-order valence-corrected chi connectivity index (χ3v) is 3.06. The van der Waals surface area contributed by atoms with Crippen molar-refractivity contribution in [3.8, 4) is 11.1 Å². The minimum absolute atomic E-state index is 0.171. The fourth-order valence-corrected chi connectivity index (χ4v) is 2.18. The Morgan fingerprint density at radius 1 is 1.28 bits per heavy atom. The monoisotopic (exact) mass is 261 g/mol. The number of nitrogens with zero attached hydrogens (tertiary/aromatic N) is 1. The Morgan fingerprint density at radius 2 is 1.89 bits per heavy atom. The molecule has 1 heterocycles. The molecule has 1 aromatic heterocycles. The van der Waals surface area contributed by atoms with Gasteiger partial charge in [0.25, 0.3) is 0 Å². The lowest BCUT2D eigenvalue weighted by Gasteiger charge is -2.04. The molecule has 92 valence electrons. The quantitative estimate of drug-likeness (QED) is 0.775. The highest BCUT2D eigenvalue weighted by molar-refractivity contribution is 6.30. The molecule has 0 aliphatic heterocycles. The second kappa shape index (κ2) is 4.78. The van der Waals surface area contributed by atoms with Crippen molar-refractivity contribution in [3.63, 3.8) is 0 Å². The van der Waals surface area contributed by atoms with E-state index in [9.17, 15) is 9.59 Å². The van der Waals surface area contributed by atoms with Gasteiger partial charge in [0.05, 0.1) is 5.69 Å². The van der Waals surface area contributed by atoms with Gasteiger partial charge in [0.1, 0.15) is 0 Å². The van der Waals surface area contributed by atoms with Crippen LogP contribution in [-0.2, 0) is 0 Å². The van der Waals surface area contributed by atoms with Crippen LogP contribution in [0.3, 0.4) is 0 Å². The molecule has 0 N–H and O–H groups in total. The first-order valence-electron chi connectivity index (χ1n) is 5.49. The van der Waals surface area contributed by atoms with E-state index in [4.69, 9.17) is 11.6 Å². The summed E-state index contributed by atoms with van der Waals surface area (Å²) in [6.07, 6.45) is 0.707. The van der Waals surface area contributed by atoms with Gasteiger partial charge < -0.3 is 0 Å². The summed E-state index contributed by atoms with van der Waals surface area (Å²) in [6.45, 7) is 3.24. The van der Waals surface area contributed by atoms with E-state index in [2.05, 4.69) is 0 Å². The lowest BCUT2D eigenvalue weighted by atomic mass is 10.1.